The van der Waals surface area contributed by atoms with Gasteiger partial charge in [0.1, 0.15) is 15.5 Å². The second kappa shape index (κ2) is 18.6. The van der Waals surface area contributed by atoms with E-state index in [-0.39, 0.29) is 35.7 Å². The summed E-state index contributed by atoms with van der Waals surface area (Å²) in [5, 5.41) is 3.84. The number of anilines is 3. The van der Waals surface area contributed by atoms with Crippen molar-refractivity contribution in [1.29, 1.82) is 0 Å². The van der Waals surface area contributed by atoms with E-state index in [0.717, 1.165) is 41.9 Å². The number of ketones is 2. The average Bonchev–Trinajstić information content (AvgIpc) is 3.13. The Balaban J connectivity index is 1.61. The van der Waals surface area contributed by atoms with Crippen molar-refractivity contribution in [3.63, 3.8) is 0 Å². The summed E-state index contributed by atoms with van der Waals surface area (Å²) in [6, 6.07) is 22.6. The number of aryl methyl sites for hydroxylation is 1. The third-order valence-corrected chi connectivity index (χ3v) is 10.9. The highest BCUT2D eigenvalue weighted by atomic mass is 32.2. The third kappa shape index (κ3) is 11.3. The minimum Gasteiger partial charge on any atom is -0.379 e. The van der Waals surface area contributed by atoms with Crippen LogP contribution in [-0.4, -0.2) is 91.9 Å². The van der Waals surface area contributed by atoms with Gasteiger partial charge in [-0.1, -0.05) is 31.1 Å². The predicted molar refractivity (Wildman–Crippen MR) is 206 cm³/mol. The van der Waals surface area contributed by atoms with Gasteiger partial charge in [0.2, 0.25) is 5.78 Å². The SMILES string of the molecule is CCCSCCC(=O)O/N=C(\CCS(C)(=O)=O)C(=O)c1ccc(N(c2ccc(CC)cc2)c2ccc(C(=O)C(C)(C)N3CCOCC3)cc2)cc1. The lowest BCUT2D eigenvalue weighted by Gasteiger charge is -2.39. The topological polar surface area (TPSA) is 123 Å². The van der Waals surface area contributed by atoms with Crippen molar-refractivity contribution < 1.29 is 32.4 Å². The van der Waals surface area contributed by atoms with E-state index < -0.39 is 27.1 Å². The molecule has 0 amide bonds. The fraction of sp³-hybridized carbons (Fsp3) is 0.436. The van der Waals surface area contributed by atoms with E-state index in [0.29, 0.717) is 37.6 Å². The molecule has 51 heavy (non-hydrogen) atoms. The normalized spacial score (nSPS) is 14.3. The molecular weight excluding hydrogens is 687 g/mol. The van der Waals surface area contributed by atoms with Gasteiger partial charge in [-0.05, 0) is 98.7 Å². The van der Waals surface area contributed by atoms with Gasteiger partial charge in [0.05, 0.1) is 30.9 Å². The minimum atomic E-state index is -3.41. The van der Waals surface area contributed by atoms with Crippen molar-refractivity contribution in [3.8, 4) is 0 Å². The Kier molecular flexibility index (Phi) is 14.6. The van der Waals surface area contributed by atoms with Crippen molar-refractivity contribution in [2.24, 2.45) is 5.16 Å². The molecule has 1 heterocycles. The van der Waals surface area contributed by atoms with Crippen LogP contribution in [0, 0.1) is 0 Å². The molecule has 0 spiro atoms. The number of Topliss-reactive ketones (excluding diaryl/α,β-unsaturated/α-hetero) is 2. The average molecular weight is 736 g/mol. The molecule has 0 aliphatic carbocycles. The van der Waals surface area contributed by atoms with Gasteiger partial charge in [-0.3, -0.25) is 14.5 Å². The second-order valence-electron chi connectivity index (χ2n) is 13.0. The van der Waals surface area contributed by atoms with Crippen LogP contribution >= 0.6 is 11.8 Å². The number of morpholine rings is 1. The Morgan fingerprint density at radius 1 is 0.843 bits per heavy atom. The predicted octanol–water partition coefficient (Wildman–Crippen LogP) is 7.06. The largest absolute Gasteiger partial charge is 0.379 e. The smallest absolute Gasteiger partial charge is 0.335 e. The molecule has 274 valence electrons. The molecule has 0 aromatic heterocycles. The van der Waals surface area contributed by atoms with E-state index in [1.165, 1.54) is 5.56 Å². The molecular formula is C39H49N3O7S2. The minimum absolute atomic E-state index is 0.0343. The number of rotatable bonds is 18. The van der Waals surface area contributed by atoms with E-state index in [9.17, 15) is 22.8 Å². The number of hydrogen-bond donors (Lipinski definition) is 0. The standard InChI is InChI=1S/C39H49N3O7S2/c1-6-26-50-27-20-36(43)49-40-35(21-28-51(5,46)47)37(44)30-10-16-33(17-11-30)42(32-14-8-29(7-2)9-15-32)34-18-12-31(13-19-34)38(45)39(3,4)41-22-24-48-25-23-41/h8-19H,6-7,20-28H2,1-5H3/b40-35+. The van der Waals surface area contributed by atoms with Crippen LogP contribution in [-0.2, 0) is 30.6 Å². The maximum absolute atomic E-state index is 13.7. The number of carbonyl (C=O) groups excluding carboxylic acids is 3. The molecule has 12 heteroatoms. The summed E-state index contributed by atoms with van der Waals surface area (Å²) in [6.07, 6.45) is 2.90. The van der Waals surface area contributed by atoms with Gasteiger partial charge < -0.3 is 14.5 Å². The number of thioether (sulfide) groups is 1. The Morgan fingerprint density at radius 3 is 1.92 bits per heavy atom. The zero-order valence-electron chi connectivity index (χ0n) is 30.2. The number of oxime groups is 1. The number of hydrogen-bond acceptors (Lipinski definition) is 11. The molecule has 0 bridgehead atoms. The first-order chi connectivity index (χ1) is 24.3. The Bertz CT molecular complexity index is 1770. The maximum Gasteiger partial charge on any atom is 0.335 e. The lowest BCUT2D eigenvalue weighted by atomic mass is 9.90. The van der Waals surface area contributed by atoms with Gasteiger partial charge in [-0.15, -0.1) is 0 Å². The van der Waals surface area contributed by atoms with Crippen molar-refractivity contribution >= 4 is 61.9 Å². The summed E-state index contributed by atoms with van der Waals surface area (Å²) in [4.78, 5) is 48.8. The summed E-state index contributed by atoms with van der Waals surface area (Å²) in [5.41, 5.74) is 3.71. The first-order valence-electron chi connectivity index (χ1n) is 17.4. The molecule has 0 saturated carbocycles. The van der Waals surface area contributed by atoms with Crippen LogP contribution in [0.15, 0.2) is 78.0 Å². The molecule has 1 aliphatic rings. The molecule has 1 saturated heterocycles. The van der Waals surface area contributed by atoms with Gasteiger partial charge in [-0.25, -0.2) is 13.2 Å². The molecule has 0 N–H and O–H groups in total. The molecule has 1 aliphatic heterocycles. The van der Waals surface area contributed by atoms with Gasteiger partial charge >= 0.3 is 5.97 Å². The lowest BCUT2D eigenvalue weighted by Crippen LogP contribution is -2.54. The highest BCUT2D eigenvalue weighted by Gasteiger charge is 2.36. The van der Waals surface area contributed by atoms with Crippen LogP contribution < -0.4 is 4.90 Å². The second-order valence-corrected chi connectivity index (χ2v) is 16.5. The zero-order valence-corrected chi connectivity index (χ0v) is 31.9. The van der Waals surface area contributed by atoms with E-state index >= 15 is 0 Å². The molecule has 1 fully saturated rings. The molecule has 0 unspecified atom stereocenters. The first-order valence-corrected chi connectivity index (χ1v) is 20.6. The zero-order chi connectivity index (χ0) is 37.0. The van der Waals surface area contributed by atoms with Crippen molar-refractivity contribution in [3.05, 3.63) is 89.5 Å². The van der Waals surface area contributed by atoms with Crippen molar-refractivity contribution in [1.82, 2.24) is 4.90 Å². The monoisotopic (exact) mass is 735 g/mol. The Morgan fingerprint density at radius 2 is 1.39 bits per heavy atom. The molecule has 0 radical (unpaired) electrons. The Hall–Kier alpha value is -3.84. The number of carbonyl (C=O) groups is 3. The van der Waals surface area contributed by atoms with Gasteiger partial charge in [-0.2, -0.15) is 11.8 Å². The van der Waals surface area contributed by atoms with E-state index in [1.807, 2.05) is 55.1 Å². The quantitative estimate of drug-likeness (QED) is 0.0441. The maximum atomic E-state index is 13.7. The van der Waals surface area contributed by atoms with Gasteiger partial charge in [0.15, 0.2) is 5.78 Å². The number of sulfone groups is 1. The summed E-state index contributed by atoms with van der Waals surface area (Å²) < 4.78 is 29.4. The van der Waals surface area contributed by atoms with Crippen LogP contribution in [0.3, 0.4) is 0 Å². The van der Waals surface area contributed by atoms with E-state index in [2.05, 4.69) is 36.0 Å². The number of ether oxygens (including phenoxy) is 1. The molecule has 0 atom stereocenters. The first kappa shape index (κ1) is 39.9. The molecule has 10 nitrogen and oxygen atoms in total. The van der Waals surface area contributed by atoms with Gasteiger partial charge in [0.25, 0.3) is 0 Å². The van der Waals surface area contributed by atoms with Crippen molar-refractivity contribution in [2.75, 3.05) is 54.7 Å². The van der Waals surface area contributed by atoms with Gasteiger partial charge in [0, 0.05) is 59.7 Å². The highest BCUT2D eigenvalue weighted by molar-refractivity contribution is 7.99. The molecule has 4 rings (SSSR count). The van der Waals surface area contributed by atoms with Crippen LogP contribution in [0.1, 0.15) is 73.2 Å². The van der Waals surface area contributed by atoms with Crippen LogP contribution in [0.4, 0.5) is 17.1 Å². The summed E-state index contributed by atoms with van der Waals surface area (Å²) >= 11 is 1.62. The molecule has 3 aromatic rings. The lowest BCUT2D eigenvalue weighted by molar-refractivity contribution is -0.143. The third-order valence-electron chi connectivity index (χ3n) is 8.76. The summed E-state index contributed by atoms with van der Waals surface area (Å²) in [6.45, 7) is 10.7. The summed E-state index contributed by atoms with van der Waals surface area (Å²) in [5.74, 6) is 0.101. The van der Waals surface area contributed by atoms with E-state index in [1.54, 1.807) is 36.0 Å². The van der Waals surface area contributed by atoms with Crippen LogP contribution in [0.25, 0.3) is 0 Å². The number of nitrogens with zero attached hydrogens (tertiary/aromatic N) is 3. The van der Waals surface area contributed by atoms with Crippen LogP contribution in [0.2, 0.25) is 0 Å². The summed E-state index contributed by atoms with van der Waals surface area (Å²) in [7, 11) is -3.41. The Labute approximate surface area is 306 Å². The van der Waals surface area contributed by atoms with Crippen LogP contribution in [0.5, 0.6) is 0 Å². The highest BCUT2D eigenvalue weighted by Crippen LogP contribution is 2.35. The van der Waals surface area contributed by atoms with E-state index in [4.69, 9.17) is 9.57 Å². The fourth-order valence-electron chi connectivity index (χ4n) is 5.67. The molecule has 3 aromatic carbocycles. The van der Waals surface area contributed by atoms with Crippen molar-refractivity contribution in [2.45, 2.75) is 58.9 Å². The number of benzene rings is 3. The fourth-order valence-corrected chi connectivity index (χ4v) is 7.04.